The van der Waals surface area contributed by atoms with Gasteiger partial charge < -0.3 is 4.90 Å². The second-order valence-corrected chi connectivity index (χ2v) is 9.33. The Hall–Kier alpha value is -2.86. The van der Waals surface area contributed by atoms with Crippen LogP contribution in [0.3, 0.4) is 0 Å². The van der Waals surface area contributed by atoms with Crippen molar-refractivity contribution in [2.75, 3.05) is 12.3 Å². The van der Waals surface area contributed by atoms with Gasteiger partial charge in [0.25, 0.3) is 5.56 Å². The predicted octanol–water partition coefficient (Wildman–Crippen LogP) is 4.14. The first-order valence-electron chi connectivity index (χ1n) is 11.1. The molecule has 0 unspecified atom stereocenters. The molecule has 0 spiro atoms. The van der Waals surface area contributed by atoms with E-state index in [9.17, 15) is 9.59 Å². The van der Waals surface area contributed by atoms with E-state index in [2.05, 4.69) is 18.2 Å². The maximum Gasteiger partial charge on any atom is 0.257 e. The van der Waals surface area contributed by atoms with E-state index in [-0.39, 0.29) is 11.5 Å². The fourth-order valence-electron chi connectivity index (χ4n) is 4.12. The average Bonchev–Trinajstić information content (AvgIpc) is 2.82. The minimum atomic E-state index is 0.00640. The third-order valence-corrected chi connectivity index (χ3v) is 7.14. The average molecular weight is 448 g/mol. The molecule has 0 saturated carbocycles. The molecule has 166 valence electrons. The molecule has 0 fully saturated rings. The number of benzene rings is 2. The van der Waals surface area contributed by atoms with Gasteiger partial charge in [-0.2, -0.15) is 0 Å². The summed E-state index contributed by atoms with van der Waals surface area (Å²) in [5.41, 5.74) is 5.24. The van der Waals surface area contributed by atoms with Gasteiger partial charge in [-0.15, -0.1) is 0 Å². The van der Waals surface area contributed by atoms with Crippen molar-refractivity contribution in [2.45, 2.75) is 44.3 Å². The van der Waals surface area contributed by atoms with Crippen molar-refractivity contribution in [1.82, 2.24) is 14.5 Å². The van der Waals surface area contributed by atoms with Gasteiger partial charge in [-0.1, -0.05) is 66.4 Å². The minimum absolute atomic E-state index is 0.00640. The molecule has 1 amide bonds. The Morgan fingerprint density at radius 1 is 1.06 bits per heavy atom. The van der Waals surface area contributed by atoms with E-state index < -0.39 is 0 Å². The number of fused-ring (bicyclic) bond motifs is 1. The Morgan fingerprint density at radius 2 is 1.78 bits per heavy atom. The molecule has 4 rings (SSSR count). The molecule has 0 radical (unpaired) electrons. The summed E-state index contributed by atoms with van der Waals surface area (Å²) < 4.78 is 1.64. The van der Waals surface area contributed by atoms with Gasteiger partial charge in [0.15, 0.2) is 5.16 Å². The standard InChI is InChI=1S/C26H29N3O2S/c1-19-23(17-20-9-4-3-5-10-20)25(31)28(2)26(27-19)32-16-8-13-24(30)29-15-14-21-11-6-7-12-22(21)18-29/h3-7,9-12H,8,13-18H2,1-2H3. The molecule has 0 bridgehead atoms. The fourth-order valence-corrected chi connectivity index (χ4v) is 5.07. The number of thioether (sulfide) groups is 1. The van der Waals surface area contributed by atoms with Crippen LogP contribution in [0.5, 0.6) is 0 Å². The summed E-state index contributed by atoms with van der Waals surface area (Å²) in [5, 5.41) is 0.712. The lowest BCUT2D eigenvalue weighted by molar-refractivity contribution is -0.132. The van der Waals surface area contributed by atoms with E-state index >= 15 is 0 Å². The predicted molar refractivity (Wildman–Crippen MR) is 129 cm³/mol. The van der Waals surface area contributed by atoms with Crippen molar-refractivity contribution in [3.8, 4) is 0 Å². The van der Waals surface area contributed by atoms with Gasteiger partial charge in [0, 0.05) is 50.0 Å². The number of amides is 1. The van der Waals surface area contributed by atoms with Crippen LogP contribution < -0.4 is 5.56 Å². The molecule has 2 heterocycles. The van der Waals surface area contributed by atoms with E-state index in [0.29, 0.717) is 24.5 Å². The molecule has 0 N–H and O–H groups in total. The molecule has 0 atom stereocenters. The highest BCUT2D eigenvalue weighted by molar-refractivity contribution is 7.99. The van der Waals surface area contributed by atoms with Crippen LogP contribution in [0.25, 0.3) is 0 Å². The third kappa shape index (κ3) is 5.13. The minimum Gasteiger partial charge on any atom is -0.338 e. The largest absolute Gasteiger partial charge is 0.338 e. The monoisotopic (exact) mass is 447 g/mol. The second-order valence-electron chi connectivity index (χ2n) is 8.27. The van der Waals surface area contributed by atoms with Crippen LogP contribution in [0, 0.1) is 6.92 Å². The summed E-state index contributed by atoms with van der Waals surface area (Å²) >= 11 is 1.55. The van der Waals surface area contributed by atoms with Crippen LogP contribution in [0.15, 0.2) is 64.5 Å². The molecule has 5 nitrogen and oxygen atoms in total. The number of rotatable bonds is 7. The first-order chi connectivity index (χ1) is 15.5. The fraction of sp³-hybridized carbons (Fsp3) is 0.346. The molecule has 3 aromatic rings. The van der Waals surface area contributed by atoms with Crippen molar-refractivity contribution in [3.63, 3.8) is 0 Å². The molecule has 1 aromatic heterocycles. The van der Waals surface area contributed by atoms with E-state index in [0.717, 1.165) is 42.0 Å². The van der Waals surface area contributed by atoms with E-state index in [1.54, 1.807) is 23.4 Å². The molecule has 32 heavy (non-hydrogen) atoms. The summed E-state index contributed by atoms with van der Waals surface area (Å²) in [5.74, 6) is 0.963. The zero-order valence-corrected chi connectivity index (χ0v) is 19.5. The highest BCUT2D eigenvalue weighted by atomic mass is 32.2. The quantitative estimate of drug-likeness (QED) is 0.310. The van der Waals surface area contributed by atoms with Gasteiger partial charge in [-0.25, -0.2) is 4.98 Å². The third-order valence-electron chi connectivity index (χ3n) is 6.02. The second kappa shape index (κ2) is 10.2. The molecule has 0 aliphatic carbocycles. The number of nitrogens with zero attached hydrogens (tertiary/aromatic N) is 3. The molecule has 6 heteroatoms. The van der Waals surface area contributed by atoms with E-state index in [1.165, 1.54) is 11.1 Å². The van der Waals surface area contributed by atoms with Gasteiger partial charge >= 0.3 is 0 Å². The lowest BCUT2D eigenvalue weighted by atomic mass is 10.00. The van der Waals surface area contributed by atoms with Crippen LogP contribution in [0.1, 0.15) is 40.8 Å². The Bertz CT molecular complexity index is 1160. The van der Waals surface area contributed by atoms with Crippen LogP contribution in [-0.2, 0) is 31.2 Å². The van der Waals surface area contributed by atoms with Crippen molar-refractivity contribution in [2.24, 2.45) is 7.05 Å². The zero-order chi connectivity index (χ0) is 22.5. The van der Waals surface area contributed by atoms with Gasteiger partial charge in [0.1, 0.15) is 0 Å². The van der Waals surface area contributed by atoms with Crippen LogP contribution in [-0.4, -0.2) is 32.7 Å². The number of carbonyl (C=O) groups is 1. The Kier molecular flexibility index (Phi) is 7.10. The molecule has 0 saturated heterocycles. The highest BCUT2D eigenvalue weighted by Crippen LogP contribution is 2.21. The molecule has 2 aromatic carbocycles. The number of carbonyl (C=O) groups excluding carboxylic acids is 1. The number of hydrogen-bond acceptors (Lipinski definition) is 4. The topological polar surface area (TPSA) is 55.2 Å². The first kappa shape index (κ1) is 22.3. The normalized spacial score (nSPS) is 13.1. The van der Waals surface area contributed by atoms with Crippen molar-refractivity contribution in [1.29, 1.82) is 0 Å². The smallest absolute Gasteiger partial charge is 0.257 e. The van der Waals surface area contributed by atoms with E-state index in [4.69, 9.17) is 4.98 Å². The summed E-state index contributed by atoms with van der Waals surface area (Å²) in [4.78, 5) is 32.2. The summed E-state index contributed by atoms with van der Waals surface area (Å²) in [6, 6.07) is 18.4. The SMILES string of the molecule is Cc1nc(SCCCC(=O)N2CCc3ccccc3C2)n(C)c(=O)c1Cc1ccccc1. The Labute approximate surface area is 193 Å². The van der Waals surface area contributed by atoms with Gasteiger partial charge in [-0.05, 0) is 36.5 Å². The van der Waals surface area contributed by atoms with Crippen molar-refractivity contribution < 1.29 is 4.79 Å². The van der Waals surface area contributed by atoms with E-state index in [1.807, 2.05) is 48.2 Å². The molecule has 1 aliphatic heterocycles. The summed E-state index contributed by atoms with van der Waals surface area (Å²) in [6.45, 7) is 3.41. The maximum atomic E-state index is 12.9. The van der Waals surface area contributed by atoms with Crippen LogP contribution in [0.2, 0.25) is 0 Å². The summed E-state index contributed by atoms with van der Waals surface area (Å²) in [6.07, 6.45) is 2.80. The van der Waals surface area contributed by atoms with Crippen molar-refractivity contribution >= 4 is 17.7 Å². The van der Waals surface area contributed by atoms with Crippen LogP contribution >= 0.6 is 11.8 Å². The van der Waals surface area contributed by atoms with Crippen LogP contribution in [0.4, 0.5) is 0 Å². The van der Waals surface area contributed by atoms with Gasteiger partial charge in [0.05, 0.1) is 0 Å². The molecule has 1 aliphatic rings. The lowest BCUT2D eigenvalue weighted by Gasteiger charge is -2.29. The Morgan fingerprint density at radius 3 is 2.56 bits per heavy atom. The maximum absolute atomic E-state index is 12.9. The number of aromatic nitrogens is 2. The zero-order valence-electron chi connectivity index (χ0n) is 18.7. The lowest BCUT2D eigenvalue weighted by Crippen LogP contribution is -2.35. The first-order valence-corrected chi connectivity index (χ1v) is 12.1. The molecular weight excluding hydrogens is 418 g/mol. The molecular formula is C26H29N3O2S. The summed E-state index contributed by atoms with van der Waals surface area (Å²) in [7, 11) is 1.78. The number of aryl methyl sites for hydroxylation is 1. The highest BCUT2D eigenvalue weighted by Gasteiger charge is 2.20. The van der Waals surface area contributed by atoms with Gasteiger partial charge in [-0.3, -0.25) is 14.2 Å². The van der Waals surface area contributed by atoms with Gasteiger partial charge in [0.2, 0.25) is 5.91 Å². The number of hydrogen-bond donors (Lipinski definition) is 0. The Balaban J connectivity index is 1.31. The van der Waals surface area contributed by atoms with Crippen molar-refractivity contribution in [3.05, 3.63) is 92.9 Å².